The highest BCUT2D eigenvalue weighted by molar-refractivity contribution is 6.01. The highest BCUT2D eigenvalue weighted by Gasteiger charge is 2.18. The maximum absolute atomic E-state index is 12.3. The molecule has 0 saturated heterocycles. The summed E-state index contributed by atoms with van der Waals surface area (Å²) in [6.45, 7) is 0. The summed E-state index contributed by atoms with van der Waals surface area (Å²) in [7, 11) is 0. The fraction of sp³-hybridized carbons (Fsp3) is 0.286. The van der Waals surface area contributed by atoms with Gasteiger partial charge in [-0.2, -0.15) is 5.26 Å². The van der Waals surface area contributed by atoms with Crippen LogP contribution in [0.3, 0.4) is 0 Å². The number of furan rings is 1. The van der Waals surface area contributed by atoms with Gasteiger partial charge in [-0.15, -0.1) is 0 Å². The zero-order valence-corrected chi connectivity index (χ0v) is 14.7. The number of carboxylic acid groups (broad SMARTS) is 1. The normalized spacial score (nSPS) is 15.1. The van der Waals surface area contributed by atoms with Crippen LogP contribution in [0.15, 0.2) is 46.4 Å². The summed E-state index contributed by atoms with van der Waals surface area (Å²) in [5.41, 5.74) is 0.594. The maximum atomic E-state index is 12.3. The number of benzene rings is 1. The number of carbonyl (C=O) groups is 2. The molecule has 1 aromatic heterocycles. The van der Waals surface area contributed by atoms with Crippen molar-refractivity contribution in [3.8, 4) is 17.4 Å². The topological polar surface area (TPSA) is 106 Å². The summed E-state index contributed by atoms with van der Waals surface area (Å²) >= 11 is 0. The first-order chi connectivity index (χ1) is 13.1. The number of amides is 1. The third kappa shape index (κ3) is 4.64. The van der Waals surface area contributed by atoms with E-state index in [9.17, 15) is 20.0 Å². The van der Waals surface area contributed by atoms with Crippen LogP contribution in [0.1, 0.15) is 48.2 Å². The predicted octanol–water partition coefficient (Wildman–Crippen LogP) is 2.67. The van der Waals surface area contributed by atoms with E-state index in [0.29, 0.717) is 17.1 Å². The Morgan fingerprint density at radius 2 is 1.96 bits per heavy atom. The monoisotopic (exact) mass is 363 g/mol. The Balaban J connectivity index is 1.76. The van der Waals surface area contributed by atoms with Gasteiger partial charge >= 0.3 is 0 Å². The van der Waals surface area contributed by atoms with Crippen LogP contribution in [0, 0.1) is 11.3 Å². The van der Waals surface area contributed by atoms with Crippen LogP contribution in [-0.4, -0.2) is 17.9 Å². The Labute approximate surface area is 157 Å². The van der Waals surface area contributed by atoms with E-state index in [1.807, 2.05) is 6.07 Å². The van der Waals surface area contributed by atoms with Crippen LogP contribution in [-0.2, 0) is 4.79 Å². The van der Waals surface area contributed by atoms with Crippen LogP contribution < -0.4 is 10.4 Å². The molecule has 2 aromatic rings. The van der Waals surface area contributed by atoms with E-state index >= 15 is 0 Å². The molecule has 6 nitrogen and oxygen atoms in total. The smallest absolute Gasteiger partial charge is 0.262 e. The molecule has 3 rings (SSSR count). The zero-order chi connectivity index (χ0) is 19.2. The van der Waals surface area contributed by atoms with Crippen molar-refractivity contribution < 1.29 is 19.1 Å². The largest absolute Gasteiger partial charge is 0.545 e. The molecule has 0 atom stereocenters. The molecule has 0 spiro atoms. The molecule has 0 unspecified atom stereocenters. The van der Waals surface area contributed by atoms with Gasteiger partial charge in [0.15, 0.2) is 0 Å². The van der Waals surface area contributed by atoms with E-state index in [2.05, 4.69) is 5.32 Å². The molecule has 6 heteroatoms. The summed E-state index contributed by atoms with van der Waals surface area (Å²) in [4.78, 5) is 23.3. The van der Waals surface area contributed by atoms with Crippen molar-refractivity contribution in [2.75, 3.05) is 0 Å². The number of aromatic carboxylic acids is 1. The van der Waals surface area contributed by atoms with Gasteiger partial charge in [0.25, 0.3) is 5.91 Å². The second kappa shape index (κ2) is 8.37. The van der Waals surface area contributed by atoms with Gasteiger partial charge in [0.05, 0.1) is 5.97 Å². The molecule has 0 aliphatic heterocycles. The van der Waals surface area contributed by atoms with Crippen molar-refractivity contribution in [3.63, 3.8) is 0 Å². The summed E-state index contributed by atoms with van der Waals surface area (Å²) in [5, 5.41) is 23.2. The van der Waals surface area contributed by atoms with Crippen molar-refractivity contribution in [1.29, 1.82) is 5.26 Å². The number of carboxylic acids is 1. The molecule has 1 aliphatic rings. The zero-order valence-electron chi connectivity index (χ0n) is 14.7. The minimum absolute atomic E-state index is 0.0232. The van der Waals surface area contributed by atoms with E-state index in [4.69, 9.17) is 4.42 Å². The standard InChI is InChI=1S/C21H20N2O4/c22-13-16(20(24)23-17-7-2-1-3-8-17)12-18-9-10-19(27-18)14-5-4-6-15(11-14)21(25)26/h4-6,9-12,17H,1-3,7-8H2,(H,23,24)(H,25,26)/p-1/b16-12-. The number of nitrogens with zero attached hydrogens (tertiary/aromatic N) is 1. The molecule has 1 N–H and O–H groups in total. The number of rotatable bonds is 5. The molecule has 27 heavy (non-hydrogen) atoms. The molecule has 1 aromatic carbocycles. The van der Waals surface area contributed by atoms with E-state index in [-0.39, 0.29) is 17.2 Å². The van der Waals surface area contributed by atoms with Crippen molar-refractivity contribution in [2.45, 2.75) is 38.1 Å². The lowest BCUT2D eigenvalue weighted by atomic mass is 9.95. The minimum atomic E-state index is -1.27. The van der Waals surface area contributed by atoms with Gasteiger partial charge in [0, 0.05) is 17.7 Å². The fourth-order valence-electron chi connectivity index (χ4n) is 3.19. The number of carbonyl (C=O) groups excluding carboxylic acids is 2. The molecule has 1 heterocycles. The molecule has 138 valence electrons. The van der Waals surface area contributed by atoms with E-state index in [0.717, 1.165) is 25.7 Å². The first kappa shape index (κ1) is 18.5. The third-order valence-electron chi connectivity index (χ3n) is 4.60. The van der Waals surface area contributed by atoms with Crippen molar-refractivity contribution >= 4 is 18.0 Å². The lowest BCUT2D eigenvalue weighted by Crippen LogP contribution is -2.36. The van der Waals surface area contributed by atoms with Gasteiger partial charge < -0.3 is 19.6 Å². The van der Waals surface area contributed by atoms with Gasteiger partial charge in [0.1, 0.15) is 23.2 Å². The van der Waals surface area contributed by atoms with Gasteiger partial charge in [-0.3, -0.25) is 4.79 Å². The minimum Gasteiger partial charge on any atom is -0.545 e. The molecule has 0 bridgehead atoms. The second-order valence-electron chi connectivity index (χ2n) is 6.55. The first-order valence-corrected chi connectivity index (χ1v) is 8.91. The summed E-state index contributed by atoms with van der Waals surface area (Å²) in [5.74, 6) is -0.885. The molecule has 1 saturated carbocycles. The average Bonchev–Trinajstić information content (AvgIpc) is 3.15. The first-order valence-electron chi connectivity index (χ1n) is 8.91. The molecule has 1 amide bonds. The Kier molecular flexibility index (Phi) is 5.72. The van der Waals surface area contributed by atoms with Crippen molar-refractivity contribution in [1.82, 2.24) is 5.32 Å². The highest BCUT2D eigenvalue weighted by Crippen LogP contribution is 2.24. The SMILES string of the molecule is N#C/C(=C/c1ccc(-c2cccc(C(=O)[O-])c2)o1)C(=O)NC1CCCCC1. The predicted molar refractivity (Wildman–Crippen MR) is 97.1 cm³/mol. The summed E-state index contributed by atoms with van der Waals surface area (Å²) in [6, 6.07) is 11.5. The molecule has 1 aliphatic carbocycles. The van der Waals surface area contributed by atoms with Crippen LogP contribution in [0.4, 0.5) is 0 Å². The Morgan fingerprint density at radius 1 is 1.19 bits per heavy atom. The highest BCUT2D eigenvalue weighted by atomic mass is 16.4. The quantitative estimate of drug-likeness (QED) is 0.649. The molecule has 0 radical (unpaired) electrons. The van der Waals surface area contributed by atoms with Crippen LogP contribution in [0.5, 0.6) is 0 Å². The van der Waals surface area contributed by atoms with Gasteiger partial charge in [-0.25, -0.2) is 0 Å². The number of nitrogens with one attached hydrogen (secondary N) is 1. The Hall–Kier alpha value is -3.33. The molecular weight excluding hydrogens is 344 g/mol. The van der Waals surface area contributed by atoms with Crippen LogP contribution >= 0.6 is 0 Å². The fourth-order valence-corrected chi connectivity index (χ4v) is 3.19. The van der Waals surface area contributed by atoms with Gasteiger partial charge in [-0.1, -0.05) is 37.5 Å². The number of hydrogen-bond acceptors (Lipinski definition) is 5. The summed E-state index contributed by atoms with van der Waals surface area (Å²) in [6.07, 6.45) is 6.62. The Bertz CT molecular complexity index is 914. The third-order valence-corrected chi connectivity index (χ3v) is 4.60. The molecular formula is C21H19N2O4-. The number of nitriles is 1. The maximum Gasteiger partial charge on any atom is 0.262 e. The van der Waals surface area contributed by atoms with Crippen molar-refractivity contribution in [3.05, 3.63) is 53.3 Å². The lowest BCUT2D eigenvalue weighted by molar-refractivity contribution is -0.255. The second-order valence-corrected chi connectivity index (χ2v) is 6.55. The van der Waals surface area contributed by atoms with Crippen molar-refractivity contribution in [2.24, 2.45) is 0 Å². The average molecular weight is 363 g/mol. The Morgan fingerprint density at radius 3 is 2.67 bits per heavy atom. The van der Waals surface area contributed by atoms with Crippen LogP contribution in [0.2, 0.25) is 0 Å². The summed E-state index contributed by atoms with van der Waals surface area (Å²) < 4.78 is 5.66. The van der Waals surface area contributed by atoms with Gasteiger partial charge in [-0.05, 0) is 36.6 Å². The number of hydrogen-bond donors (Lipinski definition) is 1. The van der Waals surface area contributed by atoms with E-state index < -0.39 is 11.9 Å². The van der Waals surface area contributed by atoms with E-state index in [1.165, 1.54) is 24.6 Å². The van der Waals surface area contributed by atoms with Crippen LogP contribution in [0.25, 0.3) is 17.4 Å². The van der Waals surface area contributed by atoms with E-state index in [1.54, 1.807) is 24.3 Å². The molecule has 1 fully saturated rings. The lowest BCUT2D eigenvalue weighted by Gasteiger charge is -2.22. The van der Waals surface area contributed by atoms with Gasteiger partial charge in [0.2, 0.25) is 0 Å².